The molecule has 2 unspecified atom stereocenters. The highest BCUT2D eigenvalue weighted by atomic mass is 19.1. The van der Waals surface area contributed by atoms with Gasteiger partial charge in [0.1, 0.15) is 11.6 Å². The number of halogens is 2. The molecule has 0 aliphatic carbocycles. The van der Waals surface area contributed by atoms with E-state index in [1.165, 1.54) is 18.2 Å². The second-order valence-corrected chi connectivity index (χ2v) is 3.61. The van der Waals surface area contributed by atoms with Gasteiger partial charge in [0.25, 0.3) is 0 Å². The van der Waals surface area contributed by atoms with Gasteiger partial charge in [-0.3, -0.25) is 0 Å². The predicted octanol–water partition coefficient (Wildman–Crippen LogP) is 3.73. The molecular formula is C13H14F2. The standard InChI is InChI=1S/C13H14F2/c1-4-6-9(2)10(3)13-11(14)7-5-8-12(13)15/h5,7-10H,1-3H3. The van der Waals surface area contributed by atoms with Crippen LogP contribution in [0.1, 0.15) is 32.3 Å². The zero-order chi connectivity index (χ0) is 11.4. The first-order valence-electron chi connectivity index (χ1n) is 4.94. The molecule has 1 aromatic rings. The minimum atomic E-state index is -0.493. The number of rotatable bonds is 2. The van der Waals surface area contributed by atoms with Crippen molar-refractivity contribution in [2.24, 2.45) is 5.92 Å². The maximum atomic E-state index is 13.4. The fraction of sp³-hybridized carbons (Fsp3) is 0.385. The van der Waals surface area contributed by atoms with Gasteiger partial charge in [-0.15, -0.1) is 5.92 Å². The molecule has 15 heavy (non-hydrogen) atoms. The second-order valence-electron chi connectivity index (χ2n) is 3.61. The van der Waals surface area contributed by atoms with Crippen molar-refractivity contribution in [1.29, 1.82) is 0 Å². The van der Waals surface area contributed by atoms with E-state index in [4.69, 9.17) is 0 Å². The average Bonchev–Trinajstić information content (AvgIpc) is 2.17. The van der Waals surface area contributed by atoms with Crippen LogP contribution in [-0.4, -0.2) is 0 Å². The first-order valence-corrected chi connectivity index (χ1v) is 4.94. The minimum Gasteiger partial charge on any atom is -0.207 e. The molecule has 0 spiro atoms. The Hall–Kier alpha value is -1.36. The van der Waals surface area contributed by atoms with E-state index in [1.807, 2.05) is 6.92 Å². The van der Waals surface area contributed by atoms with E-state index >= 15 is 0 Å². The lowest BCUT2D eigenvalue weighted by atomic mass is 9.88. The summed E-state index contributed by atoms with van der Waals surface area (Å²) in [6, 6.07) is 3.93. The molecular weight excluding hydrogens is 194 g/mol. The summed E-state index contributed by atoms with van der Waals surface area (Å²) in [7, 11) is 0. The van der Waals surface area contributed by atoms with Crippen LogP contribution in [0.4, 0.5) is 8.78 Å². The van der Waals surface area contributed by atoms with Crippen LogP contribution in [0.5, 0.6) is 0 Å². The molecule has 0 aliphatic heterocycles. The van der Waals surface area contributed by atoms with Gasteiger partial charge in [-0.2, -0.15) is 0 Å². The highest BCUT2D eigenvalue weighted by molar-refractivity contribution is 5.25. The molecule has 2 atom stereocenters. The van der Waals surface area contributed by atoms with Crippen molar-refractivity contribution in [2.45, 2.75) is 26.7 Å². The van der Waals surface area contributed by atoms with Gasteiger partial charge in [0.05, 0.1) is 0 Å². The van der Waals surface area contributed by atoms with E-state index in [2.05, 4.69) is 11.8 Å². The molecule has 0 saturated heterocycles. The molecule has 0 fully saturated rings. The van der Waals surface area contributed by atoms with Crippen molar-refractivity contribution >= 4 is 0 Å². The van der Waals surface area contributed by atoms with Crippen LogP contribution in [0.3, 0.4) is 0 Å². The van der Waals surface area contributed by atoms with E-state index in [-0.39, 0.29) is 17.4 Å². The van der Waals surface area contributed by atoms with Gasteiger partial charge in [0.15, 0.2) is 0 Å². The highest BCUT2D eigenvalue weighted by Crippen LogP contribution is 2.28. The lowest BCUT2D eigenvalue weighted by Crippen LogP contribution is -2.08. The fourth-order valence-corrected chi connectivity index (χ4v) is 1.55. The normalized spacial score (nSPS) is 13.9. The van der Waals surface area contributed by atoms with Crippen molar-refractivity contribution in [3.63, 3.8) is 0 Å². The molecule has 1 rings (SSSR count). The largest absolute Gasteiger partial charge is 0.207 e. The van der Waals surface area contributed by atoms with E-state index in [0.29, 0.717) is 0 Å². The fourth-order valence-electron chi connectivity index (χ4n) is 1.55. The Labute approximate surface area is 89.3 Å². The average molecular weight is 208 g/mol. The van der Waals surface area contributed by atoms with Gasteiger partial charge < -0.3 is 0 Å². The van der Waals surface area contributed by atoms with Crippen molar-refractivity contribution < 1.29 is 8.78 Å². The first-order chi connectivity index (χ1) is 7.07. The summed E-state index contributed by atoms with van der Waals surface area (Å²) in [5.41, 5.74) is 0.132. The number of hydrogen-bond donors (Lipinski definition) is 0. The molecule has 80 valence electrons. The second kappa shape index (κ2) is 4.93. The Morgan fingerprint density at radius 2 is 1.67 bits per heavy atom. The van der Waals surface area contributed by atoms with Crippen LogP contribution in [-0.2, 0) is 0 Å². The Bertz CT molecular complexity index is 378. The number of hydrogen-bond acceptors (Lipinski definition) is 0. The minimum absolute atomic E-state index is 0.0543. The van der Waals surface area contributed by atoms with E-state index in [9.17, 15) is 8.78 Å². The van der Waals surface area contributed by atoms with E-state index in [1.54, 1.807) is 13.8 Å². The molecule has 0 heterocycles. The molecule has 0 aliphatic rings. The van der Waals surface area contributed by atoms with Gasteiger partial charge in [0.2, 0.25) is 0 Å². The molecule has 0 aromatic heterocycles. The van der Waals surface area contributed by atoms with Crippen LogP contribution in [0.25, 0.3) is 0 Å². The molecule has 2 heteroatoms. The Kier molecular flexibility index (Phi) is 3.85. The summed E-state index contributed by atoms with van der Waals surface area (Å²) in [5.74, 6) is 4.40. The van der Waals surface area contributed by atoms with Crippen LogP contribution < -0.4 is 0 Å². The molecule has 0 saturated carbocycles. The SMILES string of the molecule is CC#CC(C)C(C)c1c(F)cccc1F. The van der Waals surface area contributed by atoms with Gasteiger partial charge in [-0.05, 0) is 19.1 Å². The van der Waals surface area contributed by atoms with Crippen LogP contribution in [0.2, 0.25) is 0 Å². The van der Waals surface area contributed by atoms with Crippen molar-refractivity contribution in [2.75, 3.05) is 0 Å². The van der Waals surface area contributed by atoms with Gasteiger partial charge >= 0.3 is 0 Å². The molecule has 0 radical (unpaired) electrons. The maximum absolute atomic E-state index is 13.4. The smallest absolute Gasteiger partial charge is 0.129 e. The van der Waals surface area contributed by atoms with Gasteiger partial charge in [-0.25, -0.2) is 8.78 Å². The summed E-state index contributed by atoms with van der Waals surface area (Å²) in [6.07, 6.45) is 0. The van der Waals surface area contributed by atoms with Gasteiger partial charge in [0, 0.05) is 17.4 Å². The zero-order valence-corrected chi connectivity index (χ0v) is 9.14. The summed E-state index contributed by atoms with van der Waals surface area (Å²) in [4.78, 5) is 0. The quantitative estimate of drug-likeness (QED) is 0.650. The number of benzene rings is 1. The molecule has 1 aromatic carbocycles. The summed E-state index contributed by atoms with van der Waals surface area (Å²) >= 11 is 0. The van der Waals surface area contributed by atoms with Crippen LogP contribution in [0, 0.1) is 29.4 Å². The molecule has 0 N–H and O–H groups in total. The van der Waals surface area contributed by atoms with Crippen molar-refractivity contribution in [3.05, 3.63) is 35.4 Å². The predicted molar refractivity (Wildman–Crippen MR) is 57.4 cm³/mol. The summed E-state index contributed by atoms with van der Waals surface area (Å²) in [6.45, 7) is 5.38. The van der Waals surface area contributed by atoms with Crippen LogP contribution in [0.15, 0.2) is 18.2 Å². The third-order valence-electron chi connectivity index (χ3n) is 2.58. The third kappa shape index (κ3) is 2.56. The maximum Gasteiger partial charge on any atom is 0.129 e. The van der Waals surface area contributed by atoms with Crippen molar-refractivity contribution in [3.8, 4) is 11.8 Å². The Morgan fingerprint density at radius 3 is 2.13 bits per heavy atom. The molecule has 0 bridgehead atoms. The Balaban J connectivity index is 3.08. The summed E-state index contributed by atoms with van der Waals surface area (Å²) < 4.78 is 26.8. The topological polar surface area (TPSA) is 0 Å². The Morgan fingerprint density at radius 1 is 1.13 bits per heavy atom. The van der Waals surface area contributed by atoms with Crippen molar-refractivity contribution in [1.82, 2.24) is 0 Å². The third-order valence-corrected chi connectivity index (χ3v) is 2.58. The molecule has 0 amide bonds. The van der Waals surface area contributed by atoms with E-state index < -0.39 is 11.6 Å². The first kappa shape index (κ1) is 11.7. The van der Waals surface area contributed by atoms with Crippen LogP contribution >= 0.6 is 0 Å². The lowest BCUT2D eigenvalue weighted by Gasteiger charge is -2.16. The highest BCUT2D eigenvalue weighted by Gasteiger charge is 2.19. The lowest BCUT2D eigenvalue weighted by molar-refractivity contribution is 0.499. The monoisotopic (exact) mass is 208 g/mol. The van der Waals surface area contributed by atoms with Gasteiger partial charge in [-0.1, -0.05) is 25.8 Å². The zero-order valence-electron chi connectivity index (χ0n) is 9.14. The summed E-state index contributed by atoms with van der Waals surface area (Å²) in [5, 5.41) is 0. The molecule has 0 nitrogen and oxygen atoms in total. The van der Waals surface area contributed by atoms with E-state index in [0.717, 1.165) is 0 Å².